The van der Waals surface area contributed by atoms with Crippen molar-refractivity contribution in [2.75, 3.05) is 5.75 Å². The number of ether oxygens (including phenoxy) is 1. The first kappa shape index (κ1) is 18.8. The number of hydrogen-bond donors (Lipinski definition) is 0. The quantitative estimate of drug-likeness (QED) is 0.402. The van der Waals surface area contributed by atoms with Crippen molar-refractivity contribution in [3.63, 3.8) is 0 Å². The number of furan rings is 1. The Morgan fingerprint density at radius 2 is 2.12 bits per heavy atom. The van der Waals surface area contributed by atoms with Crippen molar-refractivity contribution in [2.45, 2.75) is 25.6 Å². The average Bonchev–Trinajstić information content (AvgIpc) is 3.20. The molecule has 0 atom stereocenters. The summed E-state index contributed by atoms with van der Waals surface area (Å²) in [6.45, 7) is 4.15. The minimum absolute atomic E-state index is 0.248. The van der Waals surface area contributed by atoms with Gasteiger partial charge in [0.25, 0.3) is 0 Å². The van der Waals surface area contributed by atoms with Crippen molar-refractivity contribution in [3.05, 3.63) is 57.7 Å². The monoisotopic (exact) mass is 410 g/mol. The first-order valence-corrected chi connectivity index (χ1v) is 9.56. The van der Waals surface area contributed by atoms with Gasteiger partial charge in [0.15, 0.2) is 5.82 Å². The summed E-state index contributed by atoms with van der Waals surface area (Å²) in [6.07, 6.45) is 1.62. The van der Waals surface area contributed by atoms with Gasteiger partial charge >= 0.3 is 0 Å². The summed E-state index contributed by atoms with van der Waals surface area (Å²) in [7, 11) is 0. The van der Waals surface area contributed by atoms with E-state index in [1.165, 1.54) is 0 Å². The van der Waals surface area contributed by atoms with Gasteiger partial charge in [0.05, 0.1) is 11.2 Å². The molecule has 0 unspecified atom stereocenters. The van der Waals surface area contributed by atoms with E-state index < -0.39 is 0 Å². The minimum Gasteiger partial charge on any atom is -0.484 e. The third-order valence-electron chi connectivity index (χ3n) is 3.29. The largest absolute Gasteiger partial charge is 0.484 e. The molecule has 0 spiro atoms. The fourth-order valence-electron chi connectivity index (χ4n) is 2.09. The lowest BCUT2D eigenvalue weighted by molar-refractivity contribution is 0.270. The summed E-state index contributed by atoms with van der Waals surface area (Å²) < 4.78 is 13.0. The molecular weight excluding hydrogens is 395 g/mol. The molecule has 3 rings (SSSR count). The lowest BCUT2D eigenvalue weighted by atomic mass is 10.3. The highest BCUT2D eigenvalue weighted by Gasteiger charge is 2.08. The molecule has 3 aromatic rings. The molecular formula is C17H16Cl2N4O2S. The third-order valence-corrected chi connectivity index (χ3v) is 4.62. The van der Waals surface area contributed by atoms with Gasteiger partial charge < -0.3 is 9.15 Å². The summed E-state index contributed by atoms with van der Waals surface area (Å²) in [4.78, 5) is 0. The van der Waals surface area contributed by atoms with E-state index in [-0.39, 0.29) is 6.61 Å². The van der Waals surface area contributed by atoms with Crippen molar-refractivity contribution in [2.24, 2.45) is 5.10 Å². The molecule has 0 radical (unpaired) electrons. The molecule has 0 aliphatic heterocycles. The Balaban J connectivity index is 1.65. The summed E-state index contributed by atoms with van der Waals surface area (Å²) in [5.41, 5.74) is 0. The van der Waals surface area contributed by atoms with Gasteiger partial charge in [0, 0.05) is 5.02 Å². The predicted molar refractivity (Wildman–Crippen MR) is 104 cm³/mol. The molecule has 0 saturated carbocycles. The van der Waals surface area contributed by atoms with E-state index in [9.17, 15) is 0 Å². The minimum atomic E-state index is 0.248. The average molecular weight is 411 g/mol. The Labute approximate surface area is 165 Å². The molecule has 6 nitrogen and oxygen atoms in total. The van der Waals surface area contributed by atoms with Crippen molar-refractivity contribution < 1.29 is 9.15 Å². The van der Waals surface area contributed by atoms with E-state index in [1.807, 2.05) is 19.1 Å². The van der Waals surface area contributed by atoms with Crippen LogP contribution in [-0.4, -0.2) is 26.8 Å². The maximum atomic E-state index is 6.09. The first-order chi connectivity index (χ1) is 12.6. The van der Waals surface area contributed by atoms with E-state index in [4.69, 9.17) is 32.4 Å². The van der Waals surface area contributed by atoms with Gasteiger partial charge in [-0.05, 0) is 43.0 Å². The van der Waals surface area contributed by atoms with Gasteiger partial charge in [-0.15, -0.1) is 10.2 Å². The molecule has 1 aromatic carbocycles. The summed E-state index contributed by atoms with van der Waals surface area (Å²) in [5, 5.41) is 14.3. The lowest BCUT2D eigenvalue weighted by Crippen LogP contribution is -1.96. The number of rotatable bonds is 7. The van der Waals surface area contributed by atoms with Gasteiger partial charge in [-0.25, -0.2) is 0 Å². The lowest BCUT2D eigenvalue weighted by Gasteiger charge is -2.06. The van der Waals surface area contributed by atoms with Crippen molar-refractivity contribution >= 4 is 41.2 Å². The molecule has 0 aliphatic rings. The highest BCUT2D eigenvalue weighted by atomic mass is 35.5. The van der Waals surface area contributed by atoms with Gasteiger partial charge in [-0.1, -0.05) is 41.9 Å². The first-order valence-electron chi connectivity index (χ1n) is 7.82. The van der Waals surface area contributed by atoms with Crippen LogP contribution in [0.3, 0.4) is 0 Å². The molecule has 0 N–H and O–H groups in total. The van der Waals surface area contributed by atoms with Gasteiger partial charge in [0.2, 0.25) is 5.16 Å². The molecule has 2 heterocycles. The van der Waals surface area contributed by atoms with Gasteiger partial charge in [-0.3, -0.25) is 0 Å². The summed E-state index contributed by atoms with van der Waals surface area (Å²) in [5.74, 6) is 3.41. The molecule has 0 bridgehead atoms. The molecule has 9 heteroatoms. The number of halogens is 2. The second-order valence-electron chi connectivity index (χ2n) is 5.19. The fraction of sp³-hybridized carbons (Fsp3) is 0.235. The van der Waals surface area contributed by atoms with Crippen LogP contribution >= 0.6 is 35.0 Å². The Kier molecular flexibility index (Phi) is 6.24. The van der Waals surface area contributed by atoms with Crippen LogP contribution in [0, 0.1) is 6.92 Å². The zero-order valence-corrected chi connectivity index (χ0v) is 16.5. The second-order valence-corrected chi connectivity index (χ2v) is 7.26. The van der Waals surface area contributed by atoms with Crippen molar-refractivity contribution in [3.8, 4) is 5.75 Å². The molecule has 0 fully saturated rings. The van der Waals surface area contributed by atoms with E-state index in [0.29, 0.717) is 33.1 Å². The van der Waals surface area contributed by atoms with E-state index in [2.05, 4.69) is 22.2 Å². The fourth-order valence-corrected chi connectivity index (χ4v) is 3.21. The van der Waals surface area contributed by atoms with Crippen molar-refractivity contribution in [1.82, 2.24) is 14.9 Å². The van der Waals surface area contributed by atoms with Crippen LogP contribution in [0.15, 0.2) is 45.0 Å². The number of aryl methyl sites for hydroxylation is 1. The molecule has 2 aromatic heterocycles. The summed E-state index contributed by atoms with van der Waals surface area (Å²) >= 11 is 13.5. The predicted octanol–water partition coefficient (Wildman–Crippen LogP) is 5.06. The molecule has 136 valence electrons. The number of benzene rings is 1. The number of thioether (sulfide) groups is 1. The Hall–Kier alpha value is -1.96. The van der Waals surface area contributed by atoms with Crippen LogP contribution in [0.25, 0.3) is 0 Å². The normalized spacial score (nSPS) is 11.4. The Morgan fingerprint density at radius 3 is 2.88 bits per heavy atom. The van der Waals surface area contributed by atoms with Gasteiger partial charge in [0.1, 0.15) is 23.9 Å². The Bertz CT molecular complexity index is 923. The van der Waals surface area contributed by atoms with Crippen LogP contribution < -0.4 is 4.74 Å². The number of aromatic nitrogens is 3. The smallest absolute Gasteiger partial charge is 0.212 e. The van der Waals surface area contributed by atoms with Crippen LogP contribution in [-0.2, 0) is 6.61 Å². The maximum absolute atomic E-state index is 6.09. The zero-order valence-electron chi connectivity index (χ0n) is 14.1. The summed E-state index contributed by atoms with van der Waals surface area (Å²) in [6, 6.07) is 8.71. The van der Waals surface area contributed by atoms with Crippen LogP contribution in [0.2, 0.25) is 10.0 Å². The van der Waals surface area contributed by atoms with E-state index >= 15 is 0 Å². The van der Waals surface area contributed by atoms with Crippen molar-refractivity contribution in [1.29, 1.82) is 0 Å². The van der Waals surface area contributed by atoms with E-state index in [1.54, 1.807) is 40.9 Å². The van der Waals surface area contributed by atoms with E-state index in [0.717, 1.165) is 10.9 Å². The van der Waals surface area contributed by atoms with Gasteiger partial charge in [-0.2, -0.15) is 9.78 Å². The highest BCUT2D eigenvalue weighted by molar-refractivity contribution is 7.99. The third kappa shape index (κ3) is 4.60. The number of hydrogen-bond acceptors (Lipinski definition) is 6. The standard InChI is InChI=1S/C17H16Cl2N4O2S/c1-3-26-17-22-21-11(2)23(17)20-9-13-5-6-14(25-13)10-24-16-7-4-12(18)8-15(16)19/h4-9H,3,10H2,1-2H3/b20-9+. The molecule has 26 heavy (non-hydrogen) atoms. The topological polar surface area (TPSA) is 65.4 Å². The molecule has 0 amide bonds. The molecule has 0 saturated heterocycles. The second kappa shape index (κ2) is 8.62. The SMILES string of the molecule is CCSc1nnc(C)n1/N=C/c1ccc(COc2ccc(Cl)cc2Cl)o1. The zero-order chi connectivity index (χ0) is 18.5. The van der Waals surface area contributed by atoms with Crippen LogP contribution in [0.4, 0.5) is 0 Å². The van der Waals surface area contributed by atoms with Crippen LogP contribution in [0.5, 0.6) is 5.75 Å². The maximum Gasteiger partial charge on any atom is 0.212 e. The highest BCUT2D eigenvalue weighted by Crippen LogP contribution is 2.28. The number of nitrogens with zero attached hydrogens (tertiary/aromatic N) is 4. The molecule has 0 aliphatic carbocycles. The Morgan fingerprint density at radius 1 is 1.27 bits per heavy atom. The van der Waals surface area contributed by atoms with Crippen LogP contribution in [0.1, 0.15) is 24.3 Å².